The summed E-state index contributed by atoms with van der Waals surface area (Å²) in [6.07, 6.45) is 4.16. The Morgan fingerprint density at radius 3 is 2.41 bits per heavy atom. The predicted octanol–water partition coefficient (Wildman–Crippen LogP) is 2.04. The Morgan fingerprint density at radius 2 is 1.78 bits per heavy atom. The third kappa shape index (κ3) is 3.49. The zero-order chi connectivity index (χ0) is 19.2. The molecule has 0 radical (unpaired) electrons. The van der Waals surface area contributed by atoms with E-state index in [2.05, 4.69) is 41.0 Å². The van der Waals surface area contributed by atoms with Crippen LogP contribution in [0.3, 0.4) is 0 Å². The molecule has 3 heterocycles. The van der Waals surface area contributed by atoms with Crippen molar-refractivity contribution in [1.29, 1.82) is 0 Å². The normalized spacial score (nSPS) is 26.6. The van der Waals surface area contributed by atoms with Gasteiger partial charge in [0, 0.05) is 39.8 Å². The van der Waals surface area contributed by atoms with Gasteiger partial charge in [-0.25, -0.2) is 0 Å². The molecule has 2 amide bonds. The fraction of sp³-hybridized carbons (Fsp3) is 0.636. The van der Waals surface area contributed by atoms with Crippen molar-refractivity contribution in [2.45, 2.75) is 44.1 Å². The van der Waals surface area contributed by atoms with Crippen LogP contribution in [0.1, 0.15) is 36.8 Å². The second kappa shape index (κ2) is 6.93. The van der Waals surface area contributed by atoms with Gasteiger partial charge in [-0.2, -0.15) is 0 Å². The molecule has 2 bridgehead atoms. The summed E-state index contributed by atoms with van der Waals surface area (Å²) in [5, 5.41) is 0. The van der Waals surface area contributed by atoms with Crippen molar-refractivity contribution in [2.75, 3.05) is 40.3 Å². The summed E-state index contributed by atoms with van der Waals surface area (Å²) < 4.78 is 0. The molecule has 1 aromatic rings. The number of hydrogen-bond donors (Lipinski definition) is 0. The lowest BCUT2D eigenvalue weighted by atomic mass is 9.89. The van der Waals surface area contributed by atoms with Gasteiger partial charge >= 0.3 is 0 Å². The molecule has 1 saturated carbocycles. The largest absolute Gasteiger partial charge is 0.348 e. The number of piperidine rings is 1. The zero-order valence-electron chi connectivity index (χ0n) is 16.8. The van der Waals surface area contributed by atoms with Gasteiger partial charge in [-0.3, -0.25) is 14.5 Å². The number of benzene rings is 1. The Balaban J connectivity index is 1.50. The minimum absolute atomic E-state index is 0.146. The highest BCUT2D eigenvalue weighted by atomic mass is 16.2. The van der Waals surface area contributed by atoms with Crippen LogP contribution in [-0.4, -0.2) is 72.8 Å². The molecule has 5 heteroatoms. The van der Waals surface area contributed by atoms with Gasteiger partial charge in [0.15, 0.2) is 0 Å². The maximum absolute atomic E-state index is 13.6. The summed E-state index contributed by atoms with van der Waals surface area (Å²) in [5.41, 5.74) is 2.12. The van der Waals surface area contributed by atoms with E-state index in [0.717, 1.165) is 38.9 Å². The number of rotatable bonds is 4. The van der Waals surface area contributed by atoms with Gasteiger partial charge in [0.2, 0.25) is 11.8 Å². The van der Waals surface area contributed by atoms with Crippen molar-refractivity contribution in [2.24, 2.45) is 5.92 Å². The molecule has 0 spiro atoms. The van der Waals surface area contributed by atoms with E-state index in [1.807, 2.05) is 14.1 Å². The van der Waals surface area contributed by atoms with E-state index in [0.29, 0.717) is 18.4 Å². The molecule has 2 atom stereocenters. The van der Waals surface area contributed by atoms with E-state index in [-0.39, 0.29) is 17.4 Å². The highest BCUT2D eigenvalue weighted by Crippen LogP contribution is 2.50. The first kappa shape index (κ1) is 18.5. The Bertz CT molecular complexity index is 724. The summed E-state index contributed by atoms with van der Waals surface area (Å²) in [4.78, 5) is 31.8. The molecule has 4 aliphatic rings. The Kier molecular flexibility index (Phi) is 4.75. The lowest BCUT2D eigenvalue weighted by Crippen LogP contribution is -2.51. The van der Waals surface area contributed by atoms with Crippen molar-refractivity contribution in [3.8, 4) is 0 Å². The molecule has 5 nitrogen and oxygen atoms in total. The summed E-state index contributed by atoms with van der Waals surface area (Å²) in [6, 6.07) is 8.75. The highest BCUT2D eigenvalue weighted by molar-refractivity contribution is 5.91. The fourth-order valence-electron chi connectivity index (χ4n) is 4.79. The van der Waals surface area contributed by atoms with Crippen LogP contribution in [0.4, 0.5) is 0 Å². The van der Waals surface area contributed by atoms with Crippen molar-refractivity contribution in [3.63, 3.8) is 0 Å². The minimum atomic E-state index is -0.289. The third-order valence-corrected chi connectivity index (χ3v) is 6.67. The summed E-state index contributed by atoms with van der Waals surface area (Å²) >= 11 is 0. The van der Waals surface area contributed by atoms with Gasteiger partial charge < -0.3 is 9.80 Å². The van der Waals surface area contributed by atoms with Crippen molar-refractivity contribution < 1.29 is 9.59 Å². The smallest absolute Gasteiger partial charge is 0.236 e. The van der Waals surface area contributed by atoms with Gasteiger partial charge in [0.1, 0.15) is 0 Å². The molecular weight excluding hydrogens is 338 g/mol. The summed E-state index contributed by atoms with van der Waals surface area (Å²) in [7, 11) is 3.62. The third-order valence-electron chi connectivity index (χ3n) is 6.67. The molecule has 0 N–H and O–H groups in total. The minimum Gasteiger partial charge on any atom is -0.348 e. The monoisotopic (exact) mass is 369 g/mol. The van der Waals surface area contributed by atoms with Crippen LogP contribution < -0.4 is 0 Å². The second-order valence-electron chi connectivity index (χ2n) is 8.99. The average Bonchev–Trinajstić information content (AvgIpc) is 3.47. The summed E-state index contributed by atoms with van der Waals surface area (Å²) in [6.45, 7) is 5.15. The van der Waals surface area contributed by atoms with Gasteiger partial charge in [0.25, 0.3) is 0 Å². The van der Waals surface area contributed by atoms with Crippen LogP contribution in [0.5, 0.6) is 0 Å². The van der Waals surface area contributed by atoms with E-state index >= 15 is 0 Å². The second-order valence-corrected chi connectivity index (χ2v) is 8.99. The van der Waals surface area contributed by atoms with Gasteiger partial charge in [-0.15, -0.1) is 0 Å². The molecule has 3 aliphatic heterocycles. The van der Waals surface area contributed by atoms with Gasteiger partial charge in [0.05, 0.1) is 12.0 Å². The topological polar surface area (TPSA) is 43.9 Å². The molecule has 4 fully saturated rings. The molecule has 0 unspecified atom stereocenters. The van der Waals surface area contributed by atoms with E-state index in [9.17, 15) is 9.59 Å². The van der Waals surface area contributed by atoms with Gasteiger partial charge in [-0.1, -0.05) is 29.8 Å². The lowest BCUT2D eigenvalue weighted by molar-refractivity contribution is -0.138. The molecule has 3 saturated heterocycles. The van der Waals surface area contributed by atoms with Crippen LogP contribution >= 0.6 is 0 Å². The lowest BCUT2D eigenvalue weighted by Gasteiger charge is -2.38. The number of hydrogen-bond acceptors (Lipinski definition) is 3. The number of likely N-dealkylation sites (N-methyl/N-ethyl adjacent to an activating group) is 1. The first-order valence-electron chi connectivity index (χ1n) is 10.2. The van der Waals surface area contributed by atoms with Crippen molar-refractivity contribution >= 4 is 11.8 Å². The molecule has 0 aromatic heterocycles. The van der Waals surface area contributed by atoms with Crippen molar-refractivity contribution in [3.05, 3.63) is 35.4 Å². The fourth-order valence-corrected chi connectivity index (χ4v) is 4.79. The molecule has 1 aliphatic carbocycles. The molecule has 1 aromatic carbocycles. The maximum Gasteiger partial charge on any atom is 0.236 e. The van der Waals surface area contributed by atoms with E-state index in [1.54, 1.807) is 4.90 Å². The Morgan fingerprint density at radius 1 is 1.07 bits per heavy atom. The van der Waals surface area contributed by atoms with Crippen LogP contribution in [0.15, 0.2) is 24.3 Å². The average molecular weight is 370 g/mol. The summed E-state index contributed by atoms with van der Waals surface area (Å²) in [5.74, 6) is 0.950. The standard InChI is InChI=1S/C22H31N3O2/c1-16-4-7-18(8-5-16)22(10-11-22)21(27)25-13-17-6-9-19(25)14-24(12-17)15-20(26)23(2)3/h4-5,7-8,17,19H,6,9-15H2,1-3H3/t17-,19+/m1/s1. The molecule has 5 rings (SSSR count). The number of nitrogens with zero attached hydrogens (tertiary/aromatic N) is 3. The van der Waals surface area contributed by atoms with E-state index in [1.165, 1.54) is 17.5 Å². The Labute approximate surface area is 162 Å². The van der Waals surface area contributed by atoms with Crippen LogP contribution in [0.2, 0.25) is 0 Å². The first-order valence-corrected chi connectivity index (χ1v) is 10.2. The molecule has 27 heavy (non-hydrogen) atoms. The number of aryl methyl sites for hydroxylation is 1. The number of fused-ring (bicyclic) bond motifs is 4. The van der Waals surface area contributed by atoms with Gasteiger partial charge in [-0.05, 0) is 44.1 Å². The number of carbonyl (C=O) groups excluding carboxylic acids is 2. The highest BCUT2D eigenvalue weighted by Gasteiger charge is 2.55. The number of carbonyl (C=O) groups is 2. The van der Waals surface area contributed by atoms with Crippen molar-refractivity contribution in [1.82, 2.24) is 14.7 Å². The quantitative estimate of drug-likeness (QED) is 0.816. The van der Waals surface area contributed by atoms with Crippen LogP contribution in [0.25, 0.3) is 0 Å². The zero-order valence-corrected chi connectivity index (χ0v) is 16.8. The SMILES string of the molecule is Cc1ccc(C2(C(=O)N3C[C@@H]4CC[C@H]3CN(CC(=O)N(C)C)C4)CC2)cc1. The maximum atomic E-state index is 13.6. The Hall–Kier alpha value is -1.88. The molecular formula is C22H31N3O2. The van der Waals surface area contributed by atoms with Crippen LogP contribution in [0, 0.1) is 12.8 Å². The first-order chi connectivity index (χ1) is 12.9. The van der Waals surface area contributed by atoms with E-state index < -0.39 is 0 Å². The van der Waals surface area contributed by atoms with E-state index in [4.69, 9.17) is 0 Å². The number of amides is 2. The molecule has 146 valence electrons. The predicted molar refractivity (Wildman–Crippen MR) is 105 cm³/mol. The van der Waals surface area contributed by atoms with Crippen LogP contribution in [-0.2, 0) is 15.0 Å².